The SMILES string of the molecule is CCc1[nH+]c(C)ccc1OCc1[nH]c2c[nH+]ccc2[nH+]1. The zero-order chi connectivity index (χ0) is 13.9. The summed E-state index contributed by atoms with van der Waals surface area (Å²) >= 11 is 0. The lowest BCUT2D eigenvalue weighted by atomic mass is 10.2. The summed E-state index contributed by atoms with van der Waals surface area (Å²) in [4.78, 5) is 13.0. The summed E-state index contributed by atoms with van der Waals surface area (Å²) in [6.45, 7) is 4.65. The summed E-state index contributed by atoms with van der Waals surface area (Å²) in [7, 11) is 0. The van der Waals surface area contributed by atoms with Gasteiger partial charge in [0, 0.05) is 19.4 Å². The smallest absolute Gasteiger partial charge is 0.291 e. The average molecular weight is 271 g/mol. The Labute approximate surface area is 117 Å². The van der Waals surface area contributed by atoms with Crippen LogP contribution in [0.4, 0.5) is 0 Å². The second-order valence-corrected chi connectivity index (χ2v) is 4.83. The van der Waals surface area contributed by atoms with Crippen LogP contribution in [0.15, 0.2) is 30.6 Å². The third-order valence-electron chi connectivity index (χ3n) is 3.29. The molecule has 3 rings (SSSR count). The number of ether oxygens (including phenoxy) is 1. The van der Waals surface area contributed by atoms with Crippen molar-refractivity contribution in [2.45, 2.75) is 26.9 Å². The number of hydrogen-bond donors (Lipinski definition) is 1. The van der Waals surface area contributed by atoms with E-state index in [1.54, 1.807) is 0 Å². The molecule has 4 N–H and O–H groups in total. The van der Waals surface area contributed by atoms with Crippen LogP contribution in [0.2, 0.25) is 0 Å². The van der Waals surface area contributed by atoms with Crippen LogP contribution < -0.4 is 19.7 Å². The van der Waals surface area contributed by atoms with E-state index < -0.39 is 0 Å². The van der Waals surface area contributed by atoms with Crippen LogP contribution in [-0.2, 0) is 13.0 Å². The highest BCUT2D eigenvalue weighted by molar-refractivity contribution is 5.68. The van der Waals surface area contributed by atoms with E-state index in [1.807, 2.05) is 37.5 Å². The molecular weight excluding hydrogens is 252 g/mol. The maximum atomic E-state index is 5.89. The third kappa shape index (κ3) is 2.47. The molecule has 0 aliphatic carbocycles. The minimum Gasteiger partial charge on any atom is -0.474 e. The first-order valence-electron chi connectivity index (χ1n) is 6.81. The molecule has 0 atom stereocenters. The Morgan fingerprint density at radius 2 is 2.10 bits per heavy atom. The summed E-state index contributed by atoms with van der Waals surface area (Å²) in [5.41, 5.74) is 4.36. The number of hydrogen-bond acceptors (Lipinski definition) is 1. The van der Waals surface area contributed by atoms with Crippen molar-refractivity contribution in [3.8, 4) is 5.75 Å². The Morgan fingerprint density at radius 3 is 2.90 bits per heavy atom. The van der Waals surface area contributed by atoms with Gasteiger partial charge in [-0.05, 0) is 6.07 Å². The van der Waals surface area contributed by atoms with E-state index in [9.17, 15) is 0 Å². The lowest BCUT2D eigenvalue weighted by Gasteiger charge is -2.03. The minimum atomic E-state index is 0.485. The van der Waals surface area contributed by atoms with E-state index in [0.717, 1.165) is 40.4 Å². The number of rotatable bonds is 4. The predicted octanol–water partition coefficient (Wildman–Crippen LogP) is 1.06. The summed E-state index contributed by atoms with van der Waals surface area (Å²) in [6, 6.07) is 6.03. The fourth-order valence-electron chi connectivity index (χ4n) is 2.26. The van der Waals surface area contributed by atoms with Gasteiger partial charge in [0.1, 0.15) is 0 Å². The molecule has 3 aromatic heterocycles. The van der Waals surface area contributed by atoms with Gasteiger partial charge in [0.2, 0.25) is 17.4 Å². The van der Waals surface area contributed by atoms with Gasteiger partial charge < -0.3 is 4.74 Å². The first-order chi connectivity index (χ1) is 9.76. The van der Waals surface area contributed by atoms with Crippen molar-refractivity contribution >= 4 is 11.0 Å². The Morgan fingerprint density at radius 1 is 1.20 bits per heavy atom. The second kappa shape index (κ2) is 5.28. The molecule has 3 aromatic rings. The van der Waals surface area contributed by atoms with Gasteiger partial charge in [-0.25, -0.2) is 19.9 Å². The lowest BCUT2D eigenvalue weighted by Crippen LogP contribution is -2.17. The molecule has 5 nitrogen and oxygen atoms in total. The number of imidazole rings is 1. The average Bonchev–Trinajstić information content (AvgIpc) is 2.88. The molecule has 0 saturated carbocycles. The quantitative estimate of drug-likeness (QED) is 0.757. The molecular formula is C15H19N4O+3. The van der Waals surface area contributed by atoms with Crippen LogP contribution in [-0.4, -0.2) is 4.98 Å². The zero-order valence-electron chi connectivity index (χ0n) is 11.7. The number of pyridine rings is 2. The van der Waals surface area contributed by atoms with Gasteiger partial charge in [-0.2, -0.15) is 0 Å². The molecule has 0 radical (unpaired) electrons. The fourth-order valence-corrected chi connectivity index (χ4v) is 2.26. The normalized spacial score (nSPS) is 10.9. The largest absolute Gasteiger partial charge is 0.474 e. The van der Waals surface area contributed by atoms with Crippen molar-refractivity contribution in [3.63, 3.8) is 0 Å². The first-order valence-corrected chi connectivity index (χ1v) is 6.81. The van der Waals surface area contributed by atoms with Crippen LogP contribution in [0.25, 0.3) is 11.0 Å². The lowest BCUT2D eigenvalue weighted by molar-refractivity contribution is -0.400. The standard InChI is InChI=1S/C15H16N4O/c1-3-11-14(5-4-10(2)17-11)20-9-15-18-12-6-7-16-8-13(12)19-15/h4-8H,3,9H2,1-2H3,(H,18,19)/p+3. The van der Waals surface area contributed by atoms with Crippen molar-refractivity contribution in [1.82, 2.24) is 4.98 Å². The van der Waals surface area contributed by atoms with E-state index in [0.29, 0.717) is 6.61 Å². The number of aromatic nitrogens is 4. The molecule has 0 unspecified atom stereocenters. The maximum Gasteiger partial charge on any atom is 0.291 e. The van der Waals surface area contributed by atoms with E-state index in [-0.39, 0.29) is 0 Å². The molecule has 0 spiro atoms. The van der Waals surface area contributed by atoms with Crippen molar-refractivity contribution < 1.29 is 19.7 Å². The summed E-state index contributed by atoms with van der Waals surface area (Å²) in [5.74, 6) is 1.85. The molecule has 20 heavy (non-hydrogen) atoms. The van der Waals surface area contributed by atoms with Gasteiger partial charge in [-0.1, -0.05) is 6.92 Å². The first kappa shape index (κ1) is 12.6. The van der Waals surface area contributed by atoms with Gasteiger partial charge in [-0.3, -0.25) is 0 Å². The number of nitrogens with one attached hydrogen (secondary N) is 4. The third-order valence-corrected chi connectivity index (χ3v) is 3.29. The maximum absolute atomic E-state index is 5.89. The van der Waals surface area contributed by atoms with E-state index in [4.69, 9.17) is 4.74 Å². The Kier molecular flexibility index (Phi) is 3.33. The predicted molar refractivity (Wildman–Crippen MR) is 72.9 cm³/mol. The van der Waals surface area contributed by atoms with Gasteiger partial charge in [-0.15, -0.1) is 0 Å². The number of aryl methyl sites for hydroxylation is 2. The summed E-state index contributed by atoms with van der Waals surface area (Å²) in [5, 5.41) is 0. The number of fused-ring (bicyclic) bond motifs is 1. The van der Waals surface area contributed by atoms with Gasteiger partial charge in [0.25, 0.3) is 5.82 Å². The topological polar surface area (TPSA) is 67.4 Å². The zero-order valence-corrected chi connectivity index (χ0v) is 11.7. The molecule has 0 fully saturated rings. The Hall–Kier alpha value is -2.43. The molecule has 5 heteroatoms. The molecule has 0 amide bonds. The van der Waals surface area contributed by atoms with Gasteiger partial charge in [0.15, 0.2) is 29.8 Å². The van der Waals surface area contributed by atoms with Crippen LogP contribution in [0.1, 0.15) is 24.1 Å². The minimum absolute atomic E-state index is 0.485. The highest BCUT2D eigenvalue weighted by Crippen LogP contribution is 2.15. The van der Waals surface area contributed by atoms with Gasteiger partial charge in [0.05, 0.1) is 6.07 Å². The van der Waals surface area contributed by atoms with Crippen molar-refractivity contribution in [2.75, 3.05) is 0 Å². The fraction of sp³-hybridized carbons (Fsp3) is 0.267. The molecule has 102 valence electrons. The van der Waals surface area contributed by atoms with Crippen LogP contribution in [0.5, 0.6) is 5.75 Å². The molecule has 0 aliphatic heterocycles. The number of H-pyrrole nitrogens is 4. The molecule has 0 aromatic carbocycles. The highest BCUT2D eigenvalue weighted by Gasteiger charge is 2.15. The summed E-state index contributed by atoms with van der Waals surface area (Å²) < 4.78 is 5.89. The van der Waals surface area contributed by atoms with Crippen molar-refractivity contribution in [1.29, 1.82) is 0 Å². The van der Waals surface area contributed by atoms with E-state index >= 15 is 0 Å². The second-order valence-electron chi connectivity index (χ2n) is 4.83. The van der Waals surface area contributed by atoms with Crippen molar-refractivity contribution in [3.05, 3.63) is 47.8 Å². The monoisotopic (exact) mass is 271 g/mol. The molecule has 3 heterocycles. The van der Waals surface area contributed by atoms with E-state index in [2.05, 4.69) is 26.9 Å². The number of aromatic amines is 4. The Balaban J connectivity index is 1.79. The summed E-state index contributed by atoms with van der Waals surface area (Å²) in [6.07, 6.45) is 4.73. The van der Waals surface area contributed by atoms with Gasteiger partial charge >= 0.3 is 0 Å². The van der Waals surface area contributed by atoms with Crippen LogP contribution in [0, 0.1) is 6.92 Å². The van der Waals surface area contributed by atoms with Crippen LogP contribution >= 0.6 is 0 Å². The molecule has 0 bridgehead atoms. The Bertz CT molecular complexity index is 703. The van der Waals surface area contributed by atoms with Crippen molar-refractivity contribution in [2.24, 2.45) is 0 Å². The highest BCUT2D eigenvalue weighted by atomic mass is 16.5. The van der Waals surface area contributed by atoms with Crippen LogP contribution in [0.3, 0.4) is 0 Å². The van der Waals surface area contributed by atoms with E-state index in [1.165, 1.54) is 0 Å². The molecule has 0 saturated heterocycles. The molecule has 0 aliphatic rings.